The van der Waals surface area contributed by atoms with Gasteiger partial charge >= 0.3 is 11.9 Å². The molecule has 0 saturated heterocycles. The van der Waals surface area contributed by atoms with Crippen molar-refractivity contribution >= 4 is 11.9 Å². The third kappa shape index (κ3) is 3.57. The first kappa shape index (κ1) is 16.0. The summed E-state index contributed by atoms with van der Waals surface area (Å²) in [5.41, 5.74) is 0.324. The molecule has 4 nitrogen and oxygen atoms in total. The van der Waals surface area contributed by atoms with E-state index in [2.05, 4.69) is 0 Å². The zero-order valence-electron chi connectivity index (χ0n) is 13.8. The molecule has 3 atom stereocenters. The molecule has 4 heteroatoms. The van der Waals surface area contributed by atoms with Crippen molar-refractivity contribution in [3.63, 3.8) is 0 Å². The van der Waals surface area contributed by atoms with E-state index < -0.39 is 5.97 Å². The Kier molecular flexibility index (Phi) is 4.69. The molecule has 23 heavy (non-hydrogen) atoms. The Labute approximate surface area is 137 Å². The molecular formula is C19H24O4. The van der Waals surface area contributed by atoms with E-state index in [9.17, 15) is 9.59 Å². The summed E-state index contributed by atoms with van der Waals surface area (Å²) in [6, 6.07) is 6.77. The van der Waals surface area contributed by atoms with E-state index in [0.29, 0.717) is 18.1 Å². The van der Waals surface area contributed by atoms with Gasteiger partial charge in [0.1, 0.15) is 11.3 Å². The number of rotatable bonds is 5. The maximum absolute atomic E-state index is 12.4. The zero-order chi connectivity index (χ0) is 16.4. The van der Waals surface area contributed by atoms with Gasteiger partial charge in [-0.05, 0) is 49.1 Å². The first-order valence-corrected chi connectivity index (χ1v) is 8.52. The molecule has 0 N–H and O–H groups in total. The Morgan fingerprint density at radius 1 is 1.17 bits per heavy atom. The Balaban J connectivity index is 1.61. The highest BCUT2D eigenvalue weighted by atomic mass is 16.5. The molecule has 0 aromatic heterocycles. The highest BCUT2D eigenvalue weighted by Crippen LogP contribution is 2.48. The largest absolute Gasteiger partial charge is 0.462 e. The van der Waals surface area contributed by atoms with Crippen molar-refractivity contribution in [1.82, 2.24) is 0 Å². The Morgan fingerprint density at radius 3 is 2.61 bits per heavy atom. The van der Waals surface area contributed by atoms with Gasteiger partial charge in [0.15, 0.2) is 0 Å². The molecule has 0 aliphatic heterocycles. The van der Waals surface area contributed by atoms with E-state index in [1.807, 2.05) is 0 Å². The summed E-state index contributed by atoms with van der Waals surface area (Å²) in [7, 11) is 0. The van der Waals surface area contributed by atoms with Crippen LogP contribution in [0.4, 0.5) is 0 Å². The molecule has 2 aliphatic carbocycles. The van der Waals surface area contributed by atoms with E-state index in [4.69, 9.17) is 9.47 Å². The van der Waals surface area contributed by atoms with Gasteiger partial charge in [-0.2, -0.15) is 0 Å². The van der Waals surface area contributed by atoms with Crippen molar-refractivity contribution in [3.8, 4) is 5.75 Å². The summed E-state index contributed by atoms with van der Waals surface area (Å²) in [6.07, 6.45) is 5.09. The van der Waals surface area contributed by atoms with Crippen LogP contribution in [0.5, 0.6) is 5.75 Å². The van der Waals surface area contributed by atoms with E-state index in [-0.39, 0.29) is 17.6 Å². The molecule has 124 valence electrons. The fraction of sp³-hybridized carbons (Fsp3) is 0.579. The van der Waals surface area contributed by atoms with Crippen LogP contribution in [0, 0.1) is 23.7 Å². The Hall–Kier alpha value is -1.84. The highest BCUT2D eigenvalue weighted by molar-refractivity contribution is 5.93. The first-order valence-electron chi connectivity index (χ1n) is 8.52. The van der Waals surface area contributed by atoms with Crippen molar-refractivity contribution in [2.45, 2.75) is 39.5 Å². The summed E-state index contributed by atoms with van der Waals surface area (Å²) in [4.78, 5) is 24.1. The van der Waals surface area contributed by atoms with Gasteiger partial charge in [0.2, 0.25) is 0 Å². The van der Waals surface area contributed by atoms with Crippen molar-refractivity contribution in [2.24, 2.45) is 23.7 Å². The third-order valence-electron chi connectivity index (χ3n) is 5.10. The minimum absolute atomic E-state index is 0.242. The number of carbonyl (C=O) groups is 2. The van der Waals surface area contributed by atoms with Gasteiger partial charge in [0.25, 0.3) is 0 Å². The second kappa shape index (κ2) is 6.73. The van der Waals surface area contributed by atoms with E-state index in [0.717, 1.165) is 11.8 Å². The highest BCUT2D eigenvalue weighted by Gasteiger charge is 2.40. The molecule has 0 heterocycles. The summed E-state index contributed by atoms with van der Waals surface area (Å²) in [5, 5.41) is 0. The third-order valence-corrected chi connectivity index (χ3v) is 5.10. The van der Waals surface area contributed by atoms with Gasteiger partial charge in [-0.25, -0.2) is 4.79 Å². The number of carbonyl (C=O) groups excluding carboxylic acids is 2. The van der Waals surface area contributed by atoms with Gasteiger partial charge in [-0.15, -0.1) is 0 Å². The minimum atomic E-state index is -0.403. The van der Waals surface area contributed by atoms with Crippen molar-refractivity contribution in [1.29, 1.82) is 0 Å². The van der Waals surface area contributed by atoms with Crippen LogP contribution >= 0.6 is 0 Å². The lowest BCUT2D eigenvalue weighted by molar-refractivity contribution is -0.137. The molecular weight excluding hydrogens is 292 g/mol. The fourth-order valence-corrected chi connectivity index (χ4v) is 3.79. The number of hydrogen-bond acceptors (Lipinski definition) is 4. The topological polar surface area (TPSA) is 52.6 Å². The monoisotopic (exact) mass is 316 g/mol. The summed E-state index contributed by atoms with van der Waals surface area (Å²) in [6.45, 7) is 4.00. The van der Waals surface area contributed by atoms with Crippen molar-refractivity contribution in [3.05, 3.63) is 29.8 Å². The number of fused-ring (bicyclic) bond motifs is 2. The Bertz CT molecular complexity index is 593. The maximum atomic E-state index is 12.4. The number of hydrogen-bond donors (Lipinski definition) is 0. The van der Waals surface area contributed by atoms with Crippen LogP contribution < -0.4 is 4.74 Å². The lowest BCUT2D eigenvalue weighted by atomic mass is 9.89. The standard InChI is InChI=1S/C19H24O4/c1-12(2)18(20)23-17-6-4-3-5-16(17)19(21)22-11-15-10-13-7-8-14(15)9-13/h3-6,12-15H,7-11H2,1-2H3. The SMILES string of the molecule is CC(C)C(=O)Oc1ccccc1C(=O)OCC1CC2CCC1C2. The molecule has 2 bridgehead atoms. The van der Waals surface area contributed by atoms with Crippen molar-refractivity contribution < 1.29 is 19.1 Å². The number of esters is 2. The van der Waals surface area contributed by atoms with Crippen LogP contribution in [-0.4, -0.2) is 18.5 Å². The van der Waals surface area contributed by atoms with Crippen LogP contribution in [0.3, 0.4) is 0 Å². The molecule has 2 fully saturated rings. The van der Waals surface area contributed by atoms with E-state index in [1.54, 1.807) is 38.1 Å². The number of para-hydroxylation sites is 1. The fourth-order valence-electron chi connectivity index (χ4n) is 3.79. The van der Waals surface area contributed by atoms with Crippen LogP contribution in [0.25, 0.3) is 0 Å². The normalized spacial score (nSPS) is 25.6. The second-order valence-corrected chi connectivity index (χ2v) is 7.11. The average molecular weight is 316 g/mol. The minimum Gasteiger partial charge on any atom is -0.462 e. The van der Waals surface area contributed by atoms with Crippen LogP contribution in [0.2, 0.25) is 0 Å². The second-order valence-electron chi connectivity index (χ2n) is 7.11. The van der Waals surface area contributed by atoms with Gasteiger partial charge in [-0.3, -0.25) is 4.79 Å². The van der Waals surface area contributed by atoms with Crippen molar-refractivity contribution in [2.75, 3.05) is 6.61 Å². The van der Waals surface area contributed by atoms with Gasteiger partial charge < -0.3 is 9.47 Å². The summed E-state index contributed by atoms with van der Waals surface area (Å²) < 4.78 is 10.8. The number of ether oxygens (including phenoxy) is 2. The van der Waals surface area contributed by atoms with Gasteiger partial charge in [0, 0.05) is 0 Å². The van der Waals surface area contributed by atoms with E-state index >= 15 is 0 Å². The summed E-state index contributed by atoms with van der Waals surface area (Å²) in [5.74, 6) is 1.35. The smallest absolute Gasteiger partial charge is 0.341 e. The molecule has 3 unspecified atom stereocenters. The van der Waals surface area contributed by atoms with Crippen LogP contribution in [0.1, 0.15) is 49.9 Å². The first-order chi connectivity index (χ1) is 11.0. The molecule has 1 aromatic carbocycles. The summed E-state index contributed by atoms with van der Waals surface area (Å²) >= 11 is 0. The predicted octanol–water partition coefficient (Wildman–Crippen LogP) is 3.84. The molecule has 1 aromatic rings. The number of benzene rings is 1. The quantitative estimate of drug-likeness (QED) is 0.612. The molecule has 0 spiro atoms. The molecule has 0 amide bonds. The van der Waals surface area contributed by atoms with Crippen LogP contribution in [0.15, 0.2) is 24.3 Å². The Morgan fingerprint density at radius 2 is 1.96 bits per heavy atom. The van der Waals surface area contributed by atoms with E-state index in [1.165, 1.54) is 25.7 Å². The lowest BCUT2D eigenvalue weighted by Crippen LogP contribution is -2.21. The molecule has 2 aliphatic rings. The predicted molar refractivity (Wildman–Crippen MR) is 86.1 cm³/mol. The molecule has 0 radical (unpaired) electrons. The molecule has 2 saturated carbocycles. The molecule has 3 rings (SSSR count). The lowest BCUT2D eigenvalue weighted by Gasteiger charge is -2.21. The van der Waals surface area contributed by atoms with Crippen LogP contribution in [-0.2, 0) is 9.53 Å². The van der Waals surface area contributed by atoms with Gasteiger partial charge in [-0.1, -0.05) is 32.4 Å². The van der Waals surface area contributed by atoms with Gasteiger partial charge in [0.05, 0.1) is 12.5 Å². The average Bonchev–Trinajstić information content (AvgIpc) is 3.15. The zero-order valence-corrected chi connectivity index (χ0v) is 13.8. The maximum Gasteiger partial charge on any atom is 0.341 e.